The summed E-state index contributed by atoms with van der Waals surface area (Å²) >= 11 is 0. The summed E-state index contributed by atoms with van der Waals surface area (Å²) in [6, 6.07) is 8.19. The van der Waals surface area contributed by atoms with Gasteiger partial charge in [-0.1, -0.05) is 31.5 Å². The number of oxazole rings is 1. The summed E-state index contributed by atoms with van der Waals surface area (Å²) in [6.45, 7) is 11.9. The third-order valence-electron chi connectivity index (χ3n) is 5.09. The second-order valence-electron chi connectivity index (χ2n) is 8.29. The molecule has 0 amide bonds. The van der Waals surface area contributed by atoms with Crippen molar-refractivity contribution in [1.82, 2.24) is 20.5 Å². The van der Waals surface area contributed by atoms with Crippen LogP contribution in [-0.4, -0.2) is 68.3 Å². The average molecular weight is 414 g/mol. The lowest BCUT2D eigenvalue weighted by atomic mass is 10.1. The normalized spacial score (nSPS) is 18.0. The van der Waals surface area contributed by atoms with Crippen molar-refractivity contribution < 1.29 is 9.15 Å². The number of aryl methyl sites for hydroxylation is 1. The zero-order valence-electron chi connectivity index (χ0n) is 18.6. The van der Waals surface area contributed by atoms with Gasteiger partial charge in [0.05, 0.1) is 18.4 Å². The van der Waals surface area contributed by atoms with Crippen molar-refractivity contribution in [2.45, 2.75) is 33.3 Å². The van der Waals surface area contributed by atoms with Crippen LogP contribution in [0.1, 0.15) is 25.1 Å². The van der Waals surface area contributed by atoms with E-state index in [1.165, 1.54) is 5.56 Å². The van der Waals surface area contributed by atoms with Gasteiger partial charge < -0.3 is 19.8 Å². The van der Waals surface area contributed by atoms with Crippen molar-refractivity contribution in [1.29, 1.82) is 0 Å². The molecule has 7 heteroatoms. The van der Waals surface area contributed by atoms with Crippen molar-refractivity contribution in [3.05, 3.63) is 41.8 Å². The van der Waals surface area contributed by atoms with Crippen LogP contribution >= 0.6 is 0 Å². The van der Waals surface area contributed by atoms with Gasteiger partial charge in [0.2, 0.25) is 5.89 Å². The highest BCUT2D eigenvalue weighted by Gasteiger charge is 2.21. The molecule has 164 valence electrons. The van der Waals surface area contributed by atoms with E-state index in [-0.39, 0.29) is 6.10 Å². The van der Waals surface area contributed by atoms with E-state index in [4.69, 9.17) is 9.15 Å². The Morgan fingerprint density at radius 1 is 1.27 bits per heavy atom. The molecule has 0 spiro atoms. The van der Waals surface area contributed by atoms with Gasteiger partial charge in [-0.25, -0.2) is 4.98 Å². The quantitative estimate of drug-likeness (QED) is 0.512. The molecule has 0 radical (unpaired) electrons. The van der Waals surface area contributed by atoms with E-state index in [0.717, 1.165) is 63.0 Å². The first-order valence-corrected chi connectivity index (χ1v) is 10.8. The number of hydrogen-bond donors (Lipinski definition) is 2. The maximum Gasteiger partial charge on any atom is 0.226 e. The Hall–Kier alpha value is -2.38. The van der Waals surface area contributed by atoms with Gasteiger partial charge >= 0.3 is 0 Å². The molecule has 0 aliphatic carbocycles. The van der Waals surface area contributed by atoms with E-state index >= 15 is 0 Å². The number of nitrogens with zero attached hydrogens (tertiary/aromatic N) is 3. The first-order chi connectivity index (χ1) is 14.5. The minimum atomic E-state index is 0.184. The number of rotatable bonds is 8. The van der Waals surface area contributed by atoms with Gasteiger partial charge in [-0.05, 0) is 25.0 Å². The molecule has 7 nitrogen and oxygen atoms in total. The predicted octanol–water partition coefficient (Wildman–Crippen LogP) is 2.71. The molecule has 30 heavy (non-hydrogen) atoms. The number of hydrogen-bond acceptors (Lipinski definition) is 5. The number of nitrogens with one attached hydrogen (secondary N) is 2. The van der Waals surface area contributed by atoms with Crippen LogP contribution < -0.4 is 10.6 Å². The molecule has 1 atom stereocenters. The Kier molecular flexibility index (Phi) is 8.28. The minimum absolute atomic E-state index is 0.184. The number of benzene rings is 1. The summed E-state index contributed by atoms with van der Waals surface area (Å²) in [6.07, 6.45) is 2.67. The first kappa shape index (κ1) is 22.3. The van der Waals surface area contributed by atoms with Gasteiger partial charge in [-0.3, -0.25) is 9.89 Å². The van der Waals surface area contributed by atoms with E-state index < -0.39 is 0 Å². The van der Waals surface area contributed by atoms with Crippen molar-refractivity contribution in [3.8, 4) is 11.5 Å². The highest BCUT2D eigenvalue weighted by molar-refractivity contribution is 5.79. The molecule has 1 unspecified atom stereocenters. The van der Waals surface area contributed by atoms with Crippen molar-refractivity contribution in [3.63, 3.8) is 0 Å². The van der Waals surface area contributed by atoms with Crippen LogP contribution in [0.25, 0.3) is 11.5 Å². The fourth-order valence-corrected chi connectivity index (χ4v) is 3.58. The lowest BCUT2D eigenvalue weighted by Gasteiger charge is -2.34. The molecule has 1 saturated heterocycles. The third kappa shape index (κ3) is 6.85. The fraction of sp³-hybridized carbons (Fsp3) is 0.565. The Morgan fingerprint density at radius 2 is 2.07 bits per heavy atom. The highest BCUT2D eigenvalue weighted by Crippen LogP contribution is 2.19. The van der Waals surface area contributed by atoms with Crippen LogP contribution in [0.2, 0.25) is 0 Å². The number of morpholine rings is 1. The number of guanidine groups is 1. The monoisotopic (exact) mass is 413 g/mol. The number of aliphatic imine (C=N–C) groups is 1. The topological polar surface area (TPSA) is 74.9 Å². The Labute approximate surface area is 179 Å². The van der Waals surface area contributed by atoms with Crippen LogP contribution in [0.5, 0.6) is 0 Å². The molecule has 2 aromatic rings. The molecule has 2 heterocycles. The first-order valence-electron chi connectivity index (χ1n) is 10.8. The molecule has 1 aliphatic heterocycles. The molecular weight excluding hydrogens is 378 g/mol. The molecular formula is C23H35N5O2. The number of ether oxygens (including phenoxy) is 1. The van der Waals surface area contributed by atoms with Gasteiger partial charge in [0.15, 0.2) is 5.96 Å². The molecule has 1 aromatic carbocycles. The van der Waals surface area contributed by atoms with Crippen molar-refractivity contribution in [2.75, 3.05) is 46.4 Å². The Morgan fingerprint density at radius 3 is 2.80 bits per heavy atom. The summed E-state index contributed by atoms with van der Waals surface area (Å²) in [5, 5.41) is 6.72. The second-order valence-corrected chi connectivity index (χ2v) is 8.29. The van der Waals surface area contributed by atoms with Gasteiger partial charge in [-0.2, -0.15) is 0 Å². The van der Waals surface area contributed by atoms with Crippen molar-refractivity contribution >= 4 is 5.96 Å². The zero-order chi connectivity index (χ0) is 21.3. The van der Waals surface area contributed by atoms with Gasteiger partial charge in [0, 0.05) is 51.8 Å². The lowest BCUT2D eigenvalue weighted by Crippen LogP contribution is -2.50. The summed E-state index contributed by atoms with van der Waals surface area (Å²) in [5.41, 5.74) is 3.14. The van der Waals surface area contributed by atoms with E-state index in [1.54, 1.807) is 13.3 Å². The SMILES string of the molecule is CN=C(NCCc1coc(-c2ccc(C)cc2)n1)NCC1CN(CC(C)C)CCO1. The Balaban J connectivity index is 1.40. The van der Waals surface area contributed by atoms with E-state index in [2.05, 4.69) is 58.4 Å². The van der Waals surface area contributed by atoms with Crippen molar-refractivity contribution in [2.24, 2.45) is 10.9 Å². The summed E-state index contributed by atoms with van der Waals surface area (Å²) in [7, 11) is 1.79. The molecule has 0 bridgehead atoms. The zero-order valence-corrected chi connectivity index (χ0v) is 18.6. The van der Waals surface area contributed by atoms with E-state index in [9.17, 15) is 0 Å². The van der Waals surface area contributed by atoms with Crippen LogP contribution in [0, 0.1) is 12.8 Å². The molecule has 1 aliphatic rings. The Bertz CT molecular complexity index is 800. The third-order valence-corrected chi connectivity index (χ3v) is 5.09. The smallest absolute Gasteiger partial charge is 0.226 e. The van der Waals surface area contributed by atoms with Crippen LogP contribution in [0.4, 0.5) is 0 Å². The highest BCUT2D eigenvalue weighted by atomic mass is 16.5. The maximum atomic E-state index is 5.90. The lowest BCUT2D eigenvalue weighted by molar-refractivity contribution is -0.0284. The number of aromatic nitrogens is 1. The second kappa shape index (κ2) is 11.1. The average Bonchev–Trinajstić information content (AvgIpc) is 3.20. The molecule has 1 aromatic heterocycles. The summed E-state index contributed by atoms with van der Waals surface area (Å²) in [5.74, 6) is 2.11. The molecule has 2 N–H and O–H groups in total. The maximum absolute atomic E-state index is 5.90. The van der Waals surface area contributed by atoms with Gasteiger partial charge in [-0.15, -0.1) is 0 Å². The molecule has 0 saturated carbocycles. The standard InChI is InChI=1S/C23H35N5O2/c1-17(2)14-28-11-12-29-21(15-28)13-26-23(24-4)25-10-9-20-16-30-22(27-20)19-7-5-18(3)6-8-19/h5-8,16-17,21H,9-15H2,1-4H3,(H2,24,25,26). The van der Waals surface area contributed by atoms with Crippen LogP contribution in [0.3, 0.4) is 0 Å². The predicted molar refractivity (Wildman–Crippen MR) is 121 cm³/mol. The minimum Gasteiger partial charge on any atom is -0.444 e. The van der Waals surface area contributed by atoms with Crippen LogP contribution in [0.15, 0.2) is 39.9 Å². The largest absolute Gasteiger partial charge is 0.444 e. The molecule has 1 fully saturated rings. The summed E-state index contributed by atoms with van der Waals surface area (Å²) < 4.78 is 11.5. The fourth-order valence-electron chi connectivity index (χ4n) is 3.58. The van der Waals surface area contributed by atoms with Crippen LogP contribution in [-0.2, 0) is 11.2 Å². The summed E-state index contributed by atoms with van der Waals surface area (Å²) in [4.78, 5) is 11.4. The molecule has 3 rings (SSSR count). The van der Waals surface area contributed by atoms with Gasteiger partial charge in [0.25, 0.3) is 0 Å². The van der Waals surface area contributed by atoms with E-state index in [0.29, 0.717) is 11.8 Å². The van der Waals surface area contributed by atoms with Gasteiger partial charge in [0.1, 0.15) is 6.26 Å². The van der Waals surface area contributed by atoms with E-state index in [1.807, 2.05) is 12.1 Å².